The van der Waals surface area contributed by atoms with Gasteiger partial charge >= 0.3 is 5.97 Å². The summed E-state index contributed by atoms with van der Waals surface area (Å²) in [5, 5.41) is 23.8. The molecule has 1 atom stereocenters. The molecule has 1 heterocycles. The Morgan fingerprint density at radius 1 is 1.10 bits per heavy atom. The van der Waals surface area contributed by atoms with E-state index >= 15 is 0 Å². The van der Waals surface area contributed by atoms with Gasteiger partial charge in [0.1, 0.15) is 6.04 Å². The second-order valence-corrected chi connectivity index (χ2v) is 7.17. The van der Waals surface area contributed by atoms with Crippen molar-refractivity contribution in [2.75, 3.05) is 6.54 Å². The Labute approximate surface area is 170 Å². The Morgan fingerprint density at radius 3 is 2.45 bits per heavy atom. The van der Waals surface area contributed by atoms with Crippen LogP contribution in [0.2, 0.25) is 0 Å². The summed E-state index contributed by atoms with van der Waals surface area (Å²) in [5.74, 6) is -0.228. The van der Waals surface area contributed by atoms with Gasteiger partial charge in [0.05, 0.1) is 0 Å². The van der Waals surface area contributed by atoms with Crippen LogP contribution in [0.15, 0.2) is 48.5 Å². The van der Waals surface area contributed by atoms with Crippen molar-refractivity contribution < 1.29 is 9.90 Å². The maximum Gasteiger partial charge on any atom is 0.320 e. The van der Waals surface area contributed by atoms with Crippen molar-refractivity contribution in [2.45, 2.75) is 45.7 Å². The lowest BCUT2D eigenvalue weighted by atomic mass is 9.98. The second-order valence-electron chi connectivity index (χ2n) is 7.17. The Bertz CT molecular complexity index is 909. The van der Waals surface area contributed by atoms with E-state index in [2.05, 4.69) is 51.8 Å². The molecule has 29 heavy (non-hydrogen) atoms. The monoisotopic (exact) mass is 393 g/mol. The van der Waals surface area contributed by atoms with E-state index in [0.29, 0.717) is 12.4 Å². The van der Waals surface area contributed by atoms with Crippen LogP contribution in [-0.4, -0.2) is 49.2 Å². The number of nitrogens with zero attached hydrogens (tertiary/aromatic N) is 4. The molecular formula is C22H27N5O2. The van der Waals surface area contributed by atoms with Crippen molar-refractivity contribution in [1.29, 1.82) is 0 Å². The number of aromatic nitrogens is 4. The molecule has 0 spiro atoms. The second kappa shape index (κ2) is 9.93. The first-order chi connectivity index (χ1) is 14.1. The Balaban J connectivity index is 1.78. The summed E-state index contributed by atoms with van der Waals surface area (Å²) in [6, 6.07) is 15.7. The van der Waals surface area contributed by atoms with E-state index in [0.717, 1.165) is 48.1 Å². The Morgan fingerprint density at radius 2 is 1.83 bits per heavy atom. The van der Waals surface area contributed by atoms with E-state index in [-0.39, 0.29) is 0 Å². The number of benzene rings is 2. The minimum Gasteiger partial charge on any atom is -0.480 e. The standard InChI is InChI=1S/C22H27N5O2/c1-3-4-7-14-27(16(2)22(28)29)15-17-10-12-18(13-11-17)19-8-5-6-9-20(19)21-23-25-26-24-21/h5-6,8-13,16H,3-4,7,14-15H2,1-2H3,(H,28,29)(H,23,24,25,26)/t16-/m1/s1. The average Bonchev–Trinajstić information content (AvgIpc) is 3.28. The van der Waals surface area contributed by atoms with Crippen LogP contribution >= 0.6 is 0 Å². The van der Waals surface area contributed by atoms with E-state index in [4.69, 9.17) is 0 Å². The fourth-order valence-electron chi connectivity index (χ4n) is 3.36. The highest BCUT2D eigenvalue weighted by Crippen LogP contribution is 2.29. The first-order valence-corrected chi connectivity index (χ1v) is 9.99. The lowest BCUT2D eigenvalue weighted by Gasteiger charge is -2.26. The zero-order chi connectivity index (χ0) is 20.6. The van der Waals surface area contributed by atoms with E-state index in [9.17, 15) is 9.90 Å². The fraction of sp³-hybridized carbons (Fsp3) is 0.364. The van der Waals surface area contributed by atoms with Gasteiger partial charge in [-0.2, -0.15) is 5.21 Å². The Kier molecular flexibility index (Phi) is 7.08. The van der Waals surface area contributed by atoms with E-state index in [1.165, 1.54) is 0 Å². The molecule has 0 aliphatic carbocycles. The molecule has 3 aromatic rings. The molecule has 0 aliphatic heterocycles. The number of hydrogen-bond acceptors (Lipinski definition) is 5. The molecule has 2 N–H and O–H groups in total. The first kappa shape index (κ1) is 20.7. The number of carboxylic acids is 1. The number of hydrogen-bond donors (Lipinski definition) is 2. The average molecular weight is 393 g/mol. The number of rotatable bonds is 10. The largest absolute Gasteiger partial charge is 0.480 e. The number of aromatic amines is 1. The molecule has 0 saturated heterocycles. The van der Waals surface area contributed by atoms with Crippen molar-refractivity contribution in [3.63, 3.8) is 0 Å². The maximum atomic E-state index is 11.5. The van der Waals surface area contributed by atoms with Crippen LogP contribution in [0, 0.1) is 0 Å². The summed E-state index contributed by atoms with van der Waals surface area (Å²) in [6.45, 7) is 5.30. The number of nitrogens with one attached hydrogen (secondary N) is 1. The normalized spacial score (nSPS) is 12.2. The van der Waals surface area contributed by atoms with E-state index in [1.807, 2.05) is 29.2 Å². The van der Waals surface area contributed by atoms with Gasteiger partial charge < -0.3 is 5.11 Å². The van der Waals surface area contributed by atoms with Crippen LogP contribution in [-0.2, 0) is 11.3 Å². The molecule has 1 aromatic heterocycles. The van der Waals surface area contributed by atoms with Gasteiger partial charge in [-0.05, 0) is 41.8 Å². The minimum absolute atomic E-state index is 0.509. The third-order valence-corrected chi connectivity index (χ3v) is 5.12. The smallest absolute Gasteiger partial charge is 0.320 e. The lowest BCUT2D eigenvalue weighted by molar-refractivity contribution is -0.142. The summed E-state index contributed by atoms with van der Waals surface area (Å²) in [6.07, 6.45) is 3.22. The third kappa shape index (κ3) is 5.26. The quantitative estimate of drug-likeness (QED) is 0.506. The van der Waals surface area contributed by atoms with Gasteiger partial charge in [0.2, 0.25) is 5.82 Å². The predicted octanol–water partition coefficient (Wildman–Crippen LogP) is 4.00. The Hall–Kier alpha value is -3.06. The molecule has 0 fully saturated rings. The fourth-order valence-corrected chi connectivity index (χ4v) is 3.36. The lowest BCUT2D eigenvalue weighted by Crippen LogP contribution is -2.39. The first-order valence-electron chi connectivity index (χ1n) is 9.99. The molecule has 2 aromatic carbocycles. The third-order valence-electron chi connectivity index (χ3n) is 5.12. The van der Waals surface area contributed by atoms with Gasteiger partial charge in [-0.25, -0.2) is 0 Å². The van der Waals surface area contributed by atoms with Crippen LogP contribution < -0.4 is 0 Å². The molecule has 7 heteroatoms. The van der Waals surface area contributed by atoms with Crippen molar-refractivity contribution in [2.24, 2.45) is 0 Å². The summed E-state index contributed by atoms with van der Waals surface area (Å²) in [7, 11) is 0. The predicted molar refractivity (Wildman–Crippen MR) is 112 cm³/mol. The van der Waals surface area contributed by atoms with E-state index in [1.54, 1.807) is 6.92 Å². The molecule has 0 amide bonds. The molecule has 0 aliphatic rings. The topological polar surface area (TPSA) is 95.0 Å². The molecule has 0 bridgehead atoms. The van der Waals surface area contributed by atoms with E-state index < -0.39 is 12.0 Å². The molecule has 7 nitrogen and oxygen atoms in total. The molecule has 0 radical (unpaired) electrons. The summed E-state index contributed by atoms with van der Waals surface area (Å²) in [5.41, 5.74) is 4.09. The summed E-state index contributed by atoms with van der Waals surface area (Å²) >= 11 is 0. The minimum atomic E-state index is -0.785. The zero-order valence-corrected chi connectivity index (χ0v) is 16.9. The summed E-state index contributed by atoms with van der Waals surface area (Å²) in [4.78, 5) is 13.5. The molecule has 152 valence electrons. The summed E-state index contributed by atoms with van der Waals surface area (Å²) < 4.78 is 0. The number of H-pyrrole nitrogens is 1. The maximum absolute atomic E-state index is 11.5. The van der Waals surface area contributed by atoms with Gasteiger partial charge in [-0.15, -0.1) is 10.2 Å². The SMILES string of the molecule is CCCCCN(Cc1ccc(-c2ccccc2-c2nn[nH]n2)cc1)[C@H](C)C(=O)O. The number of unbranched alkanes of at least 4 members (excludes halogenated alkanes) is 2. The highest BCUT2D eigenvalue weighted by Gasteiger charge is 2.20. The zero-order valence-electron chi connectivity index (χ0n) is 16.9. The van der Waals surface area contributed by atoms with Crippen molar-refractivity contribution in [3.05, 3.63) is 54.1 Å². The van der Waals surface area contributed by atoms with Crippen molar-refractivity contribution in [3.8, 4) is 22.5 Å². The van der Waals surface area contributed by atoms with Gasteiger partial charge in [0.15, 0.2) is 0 Å². The number of tetrazole rings is 1. The van der Waals surface area contributed by atoms with Gasteiger partial charge in [-0.3, -0.25) is 9.69 Å². The molecule has 0 unspecified atom stereocenters. The molecular weight excluding hydrogens is 366 g/mol. The van der Waals surface area contributed by atoms with Crippen molar-refractivity contribution in [1.82, 2.24) is 25.5 Å². The van der Waals surface area contributed by atoms with Crippen LogP contribution in [0.4, 0.5) is 0 Å². The molecule has 0 saturated carbocycles. The van der Waals surface area contributed by atoms with Gasteiger partial charge in [0, 0.05) is 12.1 Å². The number of carboxylic acid groups (broad SMARTS) is 1. The number of carbonyl (C=O) groups is 1. The van der Waals surface area contributed by atoms with Crippen molar-refractivity contribution >= 4 is 5.97 Å². The van der Waals surface area contributed by atoms with Gasteiger partial charge in [0.25, 0.3) is 0 Å². The van der Waals surface area contributed by atoms with Gasteiger partial charge in [-0.1, -0.05) is 68.3 Å². The number of aliphatic carboxylic acids is 1. The van der Waals surface area contributed by atoms with Crippen LogP contribution in [0.5, 0.6) is 0 Å². The van der Waals surface area contributed by atoms with Crippen LogP contribution in [0.1, 0.15) is 38.7 Å². The highest BCUT2D eigenvalue weighted by atomic mass is 16.4. The highest BCUT2D eigenvalue weighted by molar-refractivity contribution is 5.80. The van der Waals surface area contributed by atoms with Crippen LogP contribution in [0.25, 0.3) is 22.5 Å². The van der Waals surface area contributed by atoms with Crippen LogP contribution in [0.3, 0.4) is 0 Å². The molecule has 3 rings (SSSR count).